The van der Waals surface area contributed by atoms with Crippen molar-refractivity contribution in [1.29, 1.82) is 0 Å². The van der Waals surface area contributed by atoms with Crippen LogP contribution in [0.2, 0.25) is 0 Å². The Bertz CT molecular complexity index is 774. The minimum absolute atomic E-state index is 0.183. The standard InChI is InChI=1S/C22H28N2O4/c1-4-14-27-18-12-10-17(11-13-18)22(26)24-23-21(25)15-28-20-9-7-6-8-19(20)16(3)5-2/h6-13,16H,4-5,14-15H2,1-3H3,(H,23,25)(H,24,26)/t16-/m0/s1. The quantitative estimate of drug-likeness (QED) is 0.644. The highest BCUT2D eigenvalue weighted by Crippen LogP contribution is 2.28. The number of nitrogens with one attached hydrogen (secondary N) is 2. The SMILES string of the molecule is CCCOc1ccc(C(=O)NNC(=O)COc2ccccc2[C@@H](C)CC)cc1. The summed E-state index contributed by atoms with van der Waals surface area (Å²) in [5, 5.41) is 0. The number of carbonyl (C=O) groups is 2. The molecule has 28 heavy (non-hydrogen) atoms. The summed E-state index contributed by atoms with van der Waals surface area (Å²) in [5.74, 6) is 0.880. The zero-order valence-electron chi connectivity index (χ0n) is 16.7. The average molecular weight is 384 g/mol. The van der Waals surface area contributed by atoms with Gasteiger partial charge in [0.2, 0.25) is 0 Å². The van der Waals surface area contributed by atoms with Crippen molar-refractivity contribution in [3.8, 4) is 11.5 Å². The number of carbonyl (C=O) groups excluding carboxylic acids is 2. The van der Waals surface area contributed by atoms with Gasteiger partial charge in [-0.1, -0.05) is 39.0 Å². The molecule has 0 radical (unpaired) electrons. The van der Waals surface area contributed by atoms with E-state index < -0.39 is 11.8 Å². The summed E-state index contributed by atoms with van der Waals surface area (Å²) in [6.45, 7) is 6.68. The van der Waals surface area contributed by atoms with Gasteiger partial charge < -0.3 is 9.47 Å². The van der Waals surface area contributed by atoms with E-state index in [2.05, 4.69) is 24.7 Å². The summed E-state index contributed by atoms with van der Waals surface area (Å²) in [6, 6.07) is 14.4. The monoisotopic (exact) mass is 384 g/mol. The Labute approximate surface area is 166 Å². The van der Waals surface area contributed by atoms with Crippen molar-refractivity contribution in [2.75, 3.05) is 13.2 Å². The van der Waals surface area contributed by atoms with Gasteiger partial charge in [0, 0.05) is 5.56 Å². The number of rotatable bonds is 9. The molecule has 0 heterocycles. The molecule has 150 valence electrons. The van der Waals surface area contributed by atoms with Crippen molar-refractivity contribution >= 4 is 11.8 Å². The van der Waals surface area contributed by atoms with Crippen LogP contribution in [-0.4, -0.2) is 25.0 Å². The summed E-state index contributed by atoms with van der Waals surface area (Å²) in [6.07, 6.45) is 1.89. The molecule has 2 aromatic rings. The Morgan fingerprint density at radius 3 is 2.36 bits per heavy atom. The first-order valence-corrected chi connectivity index (χ1v) is 9.58. The van der Waals surface area contributed by atoms with Crippen LogP contribution in [0, 0.1) is 0 Å². The van der Waals surface area contributed by atoms with Gasteiger partial charge in [-0.2, -0.15) is 0 Å². The predicted molar refractivity (Wildman–Crippen MR) is 108 cm³/mol. The van der Waals surface area contributed by atoms with Crippen LogP contribution in [0.15, 0.2) is 48.5 Å². The fraction of sp³-hybridized carbons (Fsp3) is 0.364. The maximum atomic E-state index is 12.1. The van der Waals surface area contributed by atoms with E-state index in [4.69, 9.17) is 9.47 Å². The maximum absolute atomic E-state index is 12.1. The zero-order chi connectivity index (χ0) is 20.4. The lowest BCUT2D eigenvalue weighted by atomic mass is 9.98. The number of amides is 2. The van der Waals surface area contributed by atoms with E-state index in [0.29, 0.717) is 29.6 Å². The number of hydrazine groups is 1. The second-order valence-corrected chi connectivity index (χ2v) is 6.51. The molecule has 0 aliphatic heterocycles. The number of para-hydroxylation sites is 1. The molecule has 6 nitrogen and oxygen atoms in total. The summed E-state index contributed by atoms with van der Waals surface area (Å²) in [5.41, 5.74) is 6.24. The van der Waals surface area contributed by atoms with Crippen molar-refractivity contribution in [3.63, 3.8) is 0 Å². The first-order chi connectivity index (χ1) is 13.5. The van der Waals surface area contributed by atoms with Crippen LogP contribution in [0.5, 0.6) is 11.5 Å². The molecule has 0 unspecified atom stereocenters. The van der Waals surface area contributed by atoms with E-state index in [1.165, 1.54) is 0 Å². The van der Waals surface area contributed by atoms with Crippen molar-refractivity contribution in [2.24, 2.45) is 0 Å². The third-order valence-electron chi connectivity index (χ3n) is 4.33. The molecule has 0 aromatic heterocycles. The minimum Gasteiger partial charge on any atom is -0.494 e. The topological polar surface area (TPSA) is 76.7 Å². The number of ether oxygens (including phenoxy) is 2. The molecule has 0 saturated carbocycles. The fourth-order valence-electron chi connectivity index (χ4n) is 2.54. The van der Waals surface area contributed by atoms with Crippen molar-refractivity contribution < 1.29 is 19.1 Å². The Morgan fingerprint density at radius 2 is 1.68 bits per heavy atom. The predicted octanol–water partition coefficient (Wildman–Crippen LogP) is 3.83. The van der Waals surface area contributed by atoms with E-state index in [1.807, 2.05) is 31.2 Å². The van der Waals surface area contributed by atoms with Crippen LogP contribution in [-0.2, 0) is 4.79 Å². The Morgan fingerprint density at radius 1 is 0.964 bits per heavy atom. The number of hydrogen-bond donors (Lipinski definition) is 2. The lowest BCUT2D eigenvalue weighted by molar-refractivity contribution is -0.123. The van der Waals surface area contributed by atoms with Crippen LogP contribution < -0.4 is 20.3 Å². The van der Waals surface area contributed by atoms with Crippen LogP contribution in [0.4, 0.5) is 0 Å². The summed E-state index contributed by atoms with van der Waals surface area (Å²) >= 11 is 0. The molecule has 2 N–H and O–H groups in total. The molecular formula is C22H28N2O4. The fourth-order valence-corrected chi connectivity index (χ4v) is 2.54. The Balaban J connectivity index is 1.82. The van der Waals surface area contributed by atoms with Crippen LogP contribution in [0.25, 0.3) is 0 Å². The highest BCUT2D eigenvalue weighted by Gasteiger charge is 2.12. The number of benzene rings is 2. The van der Waals surface area contributed by atoms with E-state index in [9.17, 15) is 9.59 Å². The van der Waals surface area contributed by atoms with Gasteiger partial charge in [0.15, 0.2) is 6.61 Å². The molecule has 0 aliphatic rings. The third kappa shape index (κ3) is 6.30. The van der Waals surface area contributed by atoms with Gasteiger partial charge in [-0.05, 0) is 54.7 Å². The van der Waals surface area contributed by atoms with Crippen LogP contribution >= 0.6 is 0 Å². The van der Waals surface area contributed by atoms with E-state index >= 15 is 0 Å². The van der Waals surface area contributed by atoms with Gasteiger partial charge in [-0.25, -0.2) is 0 Å². The molecule has 0 aliphatic carbocycles. The normalized spacial score (nSPS) is 11.4. The minimum atomic E-state index is -0.435. The van der Waals surface area contributed by atoms with Gasteiger partial charge in [0.25, 0.3) is 11.8 Å². The third-order valence-corrected chi connectivity index (χ3v) is 4.33. The smallest absolute Gasteiger partial charge is 0.276 e. The number of hydrogen-bond acceptors (Lipinski definition) is 4. The molecule has 6 heteroatoms. The van der Waals surface area contributed by atoms with Gasteiger partial charge >= 0.3 is 0 Å². The lowest BCUT2D eigenvalue weighted by Gasteiger charge is -2.15. The molecule has 0 saturated heterocycles. The molecule has 0 fully saturated rings. The maximum Gasteiger partial charge on any atom is 0.276 e. The van der Waals surface area contributed by atoms with Crippen molar-refractivity contribution in [1.82, 2.24) is 10.9 Å². The highest BCUT2D eigenvalue weighted by atomic mass is 16.5. The molecule has 1 atom stereocenters. The largest absolute Gasteiger partial charge is 0.494 e. The average Bonchev–Trinajstić information content (AvgIpc) is 2.74. The zero-order valence-corrected chi connectivity index (χ0v) is 16.7. The molecule has 2 amide bonds. The van der Waals surface area contributed by atoms with Gasteiger partial charge in [0.05, 0.1) is 6.61 Å². The summed E-state index contributed by atoms with van der Waals surface area (Å²) in [4.78, 5) is 24.1. The first kappa shape index (κ1) is 21.3. The summed E-state index contributed by atoms with van der Waals surface area (Å²) in [7, 11) is 0. The molecule has 2 aromatic carbocycles. The van der Waals surface area contributed by atoms with Gasteiger partial charge in [-0.15, -0.1) is 0 Å². The van der Waals surface area contributed by atoms with E-state index in [0.717, 1.165) is 18.4 Å². The van der Waals surface area contributed by atoms with Crippen LogP contribution in [0.3, 0.4) is 0 Å². The molecule has 0 spiro atoms. The first-order valence-electron chi connectivity index (χ1n) is 9.58. The van der Waals surface area contributed by atoms with E-state index in [1.54, 1.807) is 24.3 Å². The van der Waals surface area contributed by atoms with Crippen molar-refractivity contribution in [3.05, 3.63) is 59.7 Å². The highest BCUT2D eigenvalue weighted by molar-refractivity contribution is 5.95. The molecule has 0 bridgehead atoms. The van der Waals surface area contributed by atoms with Gasteiger partial charge in [-0.3, -0.25) is 20.4 Å². The second kappa shape index (κ2) is 11.0. The molecular weight excluding hydrogens is 356 g/mol. The van der Waals surface area contributed by atoms with Crippen LogP contribution in [0.1, 0.15) is 55.5 Å². The Kier molecular flexibility index (Phi) is 8.34. The van der Waals surface area contributed by atoms with Gasteiger partial charge in [0.1, 0.15) is 11.5 Å². The second-order valence-electron chi connectivity index (χ2n) is 6.51. The Hall–Kier alpha value is -3.02. The van der Waals surface area contributed by atoms with E-state index in [-0.39, 0.29) is 6.61 Å². The van der Waals surface area contributed by atoms with Crippen molar-refractivity contribution in [2.45, 2.75) is 39.5 Å². The lowest BCUT2D eigenvalue weighted by Crippen LogP contribution is -2.43. The molecule has 2 rings (SSSR count). The summed E-state index contributed by atoms with van der Waals surface area (Å²) < 4.78 is 11.1.